The summed E-state index contributed by atoms with van der Waals surface area (Å²) in [7, 11) is 0. The maximum Gasteiger partial charge on any atom is 0.0249 e. The van der Waals surface area contributed by atoms with Gasteiger partial charge in [0.15, 0.2) is 0 Å². The van der Waals surface area contributed by atoms with E-state index in [9.17, 15) is 0 Å². The molecule has 0 aliphatic heterocycles. The summed E-state index contributed by atoms with van der Waals surface area (Å²) < 4.78 is 0. The van der Waals surface area contributed by atoms with Crippen LogP contribution in [0.5, 0.6) is 0 Å². The highest BCUT2D eigenvalue weighted by Crippen LogP contribution is 2.37. The highest BCUT2D eigenvalue weighted by molar-refractivity contribution is 5.39. The summed E-state index contributed by atoms with van der Waals surface area (Å²) in [5.74, 6) is 9.80. The highest BCUT2D eigenvalue weighted by atomic mass is 14.3. The largest absolute Gasteiger partial charge is 0.0730 e. The first-order valence-electron chi connectivity index (χ1n) is 14.1. The standard InChI is InChI=1S/C34H44/c1-3-5-8-28-13-21-33(22-14-28)34-25-17-30(18-26-34)10-7-6-9-29-15-23-32(24-16-29)31-19-11-27(4-2)12-20-31/h7,10,13-16,21-24,27,30-31,34H,3-5,8,11-12,17-20,25-26H2,1-2H3/b10-7+. The van der Waals surface area contributed by atoms with E-state index in [1.165, 1.54) is 88.2 Å². The molecule has 2 saturated carbocycles. The van der Waals surface area contributed by atoms with Crippen LogP contribution < -0.4 is 0 Å². The van der Waals surface area contributed by atoms with Crippen molar-refractivity contribution in [1.29, 1.82) is 0 Å². The molecule has 0 saturated heterocycles. The fourth-order valence-corrected chi connectivity index (χ4v) is 6.03. The Morgan fingerprint density at radius 3 is 1.91 bits per heavy atom. The van der Waals surface area contributed by atoms with Crippen LogP contribution >= 0.6 is 0 Å². The van der Waals surface area contributed by atoms with Gasteiger partial charge in [-0.1, -0.05) is 81.0 Å². The molecule has 0 amide bonds. The van der Waals surface area contributed by atoms with Gasteiger partial charge in [0.25, 0.3) is 0 Å². The van der Waals surface area contributed by atoms with Crippen LogP contribution in [-0.2, 0) is 6.42 Å². The monoisotopic (exact) mass is 452 g/mol. The quantitative estimate of drug-likeness (QED) is 0.367. The van der Waals surface area contributed by atoms with Crippen molar-refractivity contribution in [3.8, 4) is 11.8 Å². The molecule has 0 aromatic heterocycles. The van der Waals surface area contributed by atoms with Crippen LogP contribution in [0.25, 0.3) is 0 Å². The molecule has 2 aliphatic carbocycles. The van der Waals surface area contributed by atoms with Crippen LogP contribution in [-0.4, -0.2) is 0 Å². The minimum absolute atomic E-state index is 0.690. The Labute approximate surface area is 209 Å². The van der Waals surface area contributed by atoms with E-state index < -0.39 is 0 Å². The van der Waals surface area contributed by atoms with Crippen molar-refractivity contribution < 1.29 is 0 Å². The molecule has 2 aromatic carbocycles. The average Bonchev–Trinajstić information content (AvgIpc) is 2.91. The van der Waals surface area contributed by atoms with Crippen molar-refractivity contribution in [2.45, 2.75) is 103 Å². The zero-order chi connectivity index (χ0) is 23.6. The minimum Gasteiger partial charge on any atom is -0.0730 e. The predicted molar refractivity (Wildman–Crippen MR) is 147 cm³/mol. The lowest BCUT2D eigenvalue weighted by Crippen LogP contribution is -2.12. The number of hydrogen-bond acceptors (Lipinski definition) is 0. The lowest BCUT2D eigenvalue weighted by molar-refractivity contribution is 0.319. The summed E-state index contributed by atoms with van der Waals surface area (Å²) in [6.45, 7) is 4.61. The van der Waals surface area contributed by atoms with E-state index in [0.29, 0.717) is 5.92 Å². The van der Waals surface area contributed by atoms with E-state index in [1.54, 1.807) is 5.56 Å². The molecular weight excluding hydrogens is 408 g/mol. The van der Waals surface area contributed by atoms with Crippen molar-refractivity contribution in [2.75, 3.05) is 0 Å². The van der Waals surface area contributed by atoms with E-state index in [2.05, 4.69) is 86.4 Å². The number of hydrogen-bond donors (Lipinski definition) is 0. The predicted octanol–water partition coefficient (Wildman–Crippen LogP) is 9.59. The van der Waals surface area contributed by atoms with Crippen LogP contribution in [0, 0.1) is 23.7 Å². The summed E-state index contributed by atoms with van der Waals surface area (Å²) >= 11 is 0. The summed E-state index contributed by atoms with van der Waals surface area (Å²) in [5, 5.41) is 0. The van der Waals surface area contributed by atoms with Gasteiger partial charge in [-0.2, -0.15) is 0 Å². The van der Waals surface area contributed by atoms with E-state index in [-0.39, 0.29) is 0 Å². The molecular formula is C34H44. The molecule has 0 heteroatoms. The van der Waals surface area contributed by atoms with Crippen LogP contribution in [0.1, 0.15) is 119 Å². The van der Waals surface area contributed by atoms with Gasteiger partial charge in [0.1, 0.15) is 0 Å². The van der Waals surface area contributed by atoms with Gasteiger partial charge in [0.05, 0.1) is 0 Å². The number of aryl methyl sites for hydroxylation is 1. The lowest BCUT2D eigenvalue weighted by atomic mass is 9.78. The van der Waals surface area contributed by atoms with Gasteiger partial charge in [-0.15, -0.1) is 0 Å². The summed E-state index contributed by atoms with van der Waals surface area (Å²) in [6, 6.07) is 18.6. The average molecular weight is 453 g/mol. The second kappa shape index (κ2) is 13.0. The van der Waals surface area contributed by atoms with E-state index in [4.69, 9.17) is 0 Å². The molecule has 0 atom stereocenters. The number of allylic oxidation sites excluding steroid dienone is 2. The first-order valence-corrected chi connectivity index (χ1v) is 14.1. The van der Waals surface area contributed by atoms with Crippen LogP contribution in [0.4, 0.5) is 0 Å². The zero-order valence-electron chi connectivity index (χ0n) is 21.6. The first-order chi connectivity index (χ1) is 16.7. The second-order valence-electron chi connectivity index (χ2n) is 10.8. The van der Waals surface area contributed by atoms with Gasteiger partial charge < -0.3 is 0 Å². The normalized spacial score (nSPS) is 25.1. The van der Waals surface area contributed by atoms with Crippen molar-refractivity contribution in [3.05, 3.63) is 82.9 Å². The molecule has 0 unspecified atom stereocenters. The Morgan fingerprint density at radius 1 is 0.735 bits per heavy atom. The number of benzene rings is 2. The van der Waals surface area contributed by atoms with Gasteiger partial charge in [-0.25, -0.2) is 0 Å². The second-order valence-corrected chi connectivity index (χ2v) is 10.8. The molecule has 0 nitrogen and oxygen atoms in total. The first kappa shape index (κ1) is 24.9. The number of unbranched alkanes of at least 4 members (excludes halogenated alkanes) is 1. The van der Waals surface area contributed by atoms with Gasteiger partial charge in [0.2, 0.25) is 0 Å². The molecule has 34 heavy (non-hydrogen) atoms. The summed E-state index contributed by atoms with van der Waals surface area (Å²) in [6.07, 6.45) is 20.3. The maximum absolute atomic E-state index is 3.35. The van der Waals surface area contributed by atoms with E-state index in [1.807, 2.05) is 0 Å². The fraction of sp³-hybridized carbons (Fsp3) is 0.529. The van der Waals surface area contributed by atoms with Crippen molar-refractivity contribution in [1.82, 2.24) is 0 Å². The zero-order valence-corrected chi connectivity index (χ0v) is 21.6. The van der Waals surface area contributed by atoms with Crippen LogP contribution in [0.3, 0.4) is 0 Å². The van der Waals surface area contributed by atoms with Crippen LogP contribution in [0.2, 0.25) is 0 Å². The molecule has 0 heterocycles. The SMILES string of the molecule is CCCCc1ccc(C2CCC(/C=C/C#Cc3ccc(C4CCC(CC)CC4)cc3)CC2)cc1. The van der Waals surface area contributed by atoms with Crippen molar-refractivity contribution in [3.63, 3.8) is 0 Å². The molecule has 0 radical (unpaired) electrons. The summed E-state index contributed by atoms with van der Waals surface area (Å²) in [5.41, 5.74) is 5.70. The Kier molecular flexibility index (Phi) is 9.50. The molecule has 0 bridgehead atoms. The molecule has 2 aromatic rings. The van der Waals surface area contributed by atoms with Gasteiger partial charge in [-0.3, -0.25) is 0 Å². The molecule has 0 N–H and O–H groups in total. The topological polar surface area (TPSA) is 0 Å². The Bertz CT molecular complexity index is 934. The van der Waals surface area contributed by atoms with E-state index in [0.717, 1.165) is 23.3 Å². The van der Waals surface area contributed by atoms with E-state index >= 15 is 0 Å². The third kappa shape index (κ3) is 7.12. The summed E-state index contributed by atoms with van der Waals surface area (Å²) in [4.78, 5) is 0. The van der Waals surface area contributed by atoms with Crippen LogP contribution in [0.15, 0.2) is 60.7 Å². The maximum atomic E-state index is 3.35. The van der Waals surface area contributed by atoms with Gasteiger partial charge in [0, 0.05) is 5.56 Å². The molecule has 180 valence electrons. The third-order valence-electron chi connectivity index (χ3n) is 8.52. The highest BCUT2D eigenvalue weighted by Gasteiger charge is 2.21. The van der Waals surface area contributed by atoms with Crippen molar-refractivity contribution >= 4 is 0 Å². The van der Waals surface area contributed by atoms with Crippen molar-refractivity contribution in [2.24, 2.45) is 11.8 Å². The molecule has 4 rings (SSSR count). The molecule has 2 aliphatic rings. The molecule has 2 fully saturated rings. The molecule has 0 spiro atoms. The van der Waals surface area contributed by atoms with Gasteiger partial charge in [-0.05, 0) is 123 Å². The Morgan fingerprint density at radius 2 is 1.32 bits per heavy atom. The van der Waals surface area contributed by atoms with Gasteiger partial charge >= 0.3 is 0 Å². The number of rotatable bonds is 7. The minimum atomic E-state index is 0.690. The Balaban J connectivity index is 1.21. The fourth-order valence-electron chi connectivity index (χ4n) is 6.03. The lowest BCUT2D eigenvalue weighted by Gasteiger charge is -2.28. The Hall–Kier alpha value is -2.26. The third-order valence-corrected chi connectivity index (χ3v) is 8.52. The smallest absolute Gasteiger partial charge is 0.0249 e.